The summed E-state index contributed by atoms with van der Waals surface area (Å²) >= 11 is 0. The zero-order chi connectivity index (χ0) is 15.6. The molecule has 0 saturated carbocycles. The van der Waals surface area contributed by atoms with E-state index in [0.717, 1.165) is 0 Å². The Balaban J connectivity index is 0.000000221. The molecule has 0 spiro atoms. The second-order valence-electron chi connectivity index (χ2n) is 3.53. The third kappa shape index (κ3) is 3.75. The molecule has 0 aromatic heterocycles. The minimum atomic E-state index is -5.84. The van der Waals surface area contributed by atoms with Gasteiger partial charge in [-0.1, -0.05) is 24.3 Å². The molecule has 0 amide bonds. The summed E-state index contributed by atoms with van der Waals surface area (Å²) in [5.74, 6) is -0.185. The number of allylic oxidation sites excluding steroid dienone is 2. The molecule has 0 aliphatic heterocycles. The van der Waals surface area contributed by atoms with Gasteiger partial charge in [-0.05, 0) is 12.2 Å². The molecule has 1 aromatic carbocycles. The van der Waals surface area contributed by atoms with E-state index in [1.807, 2.05) is 0 Å². The van der Waals surface area contributed by atoms with E-state index in [1.54, 1.807) is 24.3 Å². The fourth-order valence-electron chi connectivity index (χ4n) is 1.24. The molecule has 1 N–H and O–H groups in total. The Hall–Kier alpha value is -2.00. The van der Waals surface area contributed by atoms with Crippen LogP contribution in [0, 0.1) is 0 Å². The van der Waals surface area contributed by atoms with Crippen LogP contribution in [-0.4, -0.2) is 30.0 Å². The van der Waals surface area contributed by atoms with Crippen molar-refractivity contribution in [2.75, 3.05) is 0 Å². The van der Waals surface area contributed by atoms with E-state index in [4.69, 9.17) is 13.0 Å². The van der Waals surface area contributed by atoms with Gasteiger partial charge in [-0.3, -0.25) is 14.1 Å². The SMILES string of the molecule is O=C1C=CC(=O)c2ccccc21.O=S(=O)(O)C(F)(F)F. The number of fused-ring (bicyclic) bond motifs is 1. The molecule has 1 aliphatic carbocycles. The van der Waals surface area contributed by atoms with Gasteiger partial charge in [-0.15, -0.1) is 0 Å². The molecule has 0 atom stereocenters. The van der Waals surface area contributed by atoms with Gasteiger partial charge >= 0.3 is 15.6 Å². The van der Waals surface area contributed by atoms with Gasteiger partial charge in [0.2, 0.25) is 0 Å². The van der Waals surface area contributed by atoms with Crippen LogP contribution in [0.25, 0.3) is 0 Å². The molecule has 1 aromatic rings. The van der Waals surface area contributed by atoms with Crippen LogP contribution in [0.2, 0.25) is 0 Å². The molecule has 0 bridgehead atoms. The first-order valence-corrected chi connectivity index (χ1v) is 6.37. The predicted molar refractivity (Wildman–Crippen MR) is 61.8 cm³/mol. The lowest BCUT2D eigenvalue weighted by molar-refractivity contribution is -0.0510. The van der Waals surface area contributed by atoms with Crippen molar-refractivity contribution < 1.29 is 35.7 Å². The maximum absolute atomic E-state index is 11.2. The Morgan fingerprint density at radius 3 is 1.45 bits per heavy atom. The quantitative estimate of drug-likeness (QED) is 0.585. The molecule has 1 aliphatic rings. The minimum Gasteiger partial charge on any atom is -0.289 e. The Morgan fingerprint density at radius 2 is 1.20 bits per heavy atom. The number of carbonyl (C=O) groups is 2. The van der Waals surface area contributed by atoms with Crippen LogP contribution in [0.1, 0.15) is 20.7 Å². The van der Waals surface area contributed by atoms with Crippen molar-refractivity contribution in [3.63, 3.8) is 0 Å². The minimum absolute atomic E-state index is 0.0924. The summed E-state index contributed by atoms with van der Waals surface area (Å²) < 4.78 is 57.5. The van der Waals surface area contributed by atoms with Crippen LogP contribution in [0.15, 0.2) is 36.4 Å². The van der Waals surface area contributed by atoms with Crippen molar-refractivity contribution in [1.82, 2.24) is 0 Å². The Kier molecular flexibility index (Phi) is 4.46. The largest absolute Gasteiger partial charge is 0.522 e. The van der Waals surface area contributed by atoms with Gasteiger partial charge in [0.05, 0.1) is 0 Å². The topological polar surface area (TPSA) is 88.5 Å². The van der Waals surface area contributed by atoms with Gasteiger partial charge in [0.15, 0.2) is 11.6 Å². The fourth-order valence-corrected chi connectivity index (χ4v) is 1.24. The van der Waals surface area contributed by atoms with E-state index in [1.165, 1.54) is 12.2 Å². The van der Waals surface area contributed by atoms with Crippen LogP contribution >= 0.6 is 0 Å². The summed E-state index contributed by atoms with van der Waals surface area (Å²) in [5.41, 5.74) is -4.53. The zero-order valence-electron chi connectivity index (χ0n) is 9.59. The number of alkyl halides is 3. The highest BCUT2D eigenvalue weighted by molar-refractivity contribution is 7.86. The van der Waals surface area contributed by atoms with Gasteiger partial charge in [-0.25, -0.2) is 0 Å². The van der Waals surface area contributed by atoms with E-state index in [2.05, 4.69) is 0 Å². The lowest BCUT2D eigenvalue weighted by atomic mass is 9.95. The predicted octanol–water partition coefficient (Wildman–Crippen LogP) is 2.02. The van der Waals surface area contributed by atoms with E-state index >= 15 is 0 Å². The lowest BCUT2D eigenvalue weighted by Gasteiger charge is -2.06. The highest BCUT2D eigenvalue weighted by Gasteiger charge is 2.44. The van der Waals surface area contributed by atoms with Crippen LogP contribution in [0.3, 0.4) is 0 Å². The Bertz CT molecular complexity index is 637. The summed E-state index contributed by atoms with van der Waals surface area (Å²) in [7, 11) is -5.84. The molecular weight excluding hydrogens is 301 g/mol. The van der Waals surface area contributed by atoms with Crippen molar-refractivity contribution in [1.29, 1.82) is 0 Å². The third-order valence-electron chi connectivity index (χ3n) is 2.14. The van der Waals surface area contributed by atoms with Gasteiger partial charge < -0.3 is 0 Å². The van der Waals surface area contributed by atoms with Crippen molar-refractivity contribution in [2.45, 2.75) is 5.51 Å². The van der Waals surface area contributed by atoms with E-state index in [0.29, 0.717) is 11.1 Å². The number of benzene rings is 1. The summed E-state index contributed by atoms with van der Waals surface area (Å²) in [4.78, 5) is 22.4. The molecule has 0 heterocycles. The highest BCUT2D eigenvalue weighted by Crippen LogP contribution is 2.20. The smallest absolute Gasteiger partial charge is 0.289 e. The van der Waals surface area contributed by atoms with Gasteiger partial charge in [0, 0.05) is 11.1 Å². The van der Waals surface area contributed by atoms with E-state index in [9.17, 15) is 22.8 Å². The molecule has 20 heavy (non-hydrogen) atoms. The van der Waals surface area contributed by atoms with Crippen molar-refractivity contribution in [2.24, 2.45) is 0 Å². The molecule has 0 unspecified atom stereocenters. The standard InChI is InChI=1S/C10H6O2.CHF3O3S/c11-9-5-6-10(12)8-4-2-1-3-7(8)9;2-1(3,4)8(5,6)7/h1-6H;(H,5,6,7). The van der Waals surface area contributed by atoms with Crippen LogP contribution in [-0.2, 0) is 10.1 Å². The van der Waals surface area contributed by atoms with Crippen molar-refractivity contribution in [3.05, 3.63) is 47.5 Å². The van der Waals surface area contributed by atoms with Crippen LogP contribution in [0.5, 0.6) is 0 Å². The molecule has 0 radical (unpaired) electrons. The normalized spacial score (nSPS) is 14.4. The zero-order valence-corrected chi connectivity index (χ0v) is 10.4. The molecule has 2 rings (SSSR count). The molecule has 108 valence electrons. The fraction of sp³-hybridized carbons (Fsp3) is 0.0909. The molecule has 0 saturated heterocycles. The van der Waals surface area contributed by atoms with Gasteiger partial charge in [-0.2, -0.15) is 21.6 Å². The number of rotatable bonds is 0. The second kappa shape index (κ2) is 5.55. The number of hydrogen-bond donors (Lipinski definition) is 1. The average molecular weight is 308 g/mol. The maximum atomic E-state index is 11.2. The summed E-state index contributed by atoms with van der Waals surface area (Å²) in [6.45, 7) is 0. The van der Waals surface area contributed by atoms with Crippen molar-refractivity contribution >= 4 is 21.7 Å². The number of hydrogen-bond acceptors (Lipinski definition) is 4. The Morgan fingerprint density at radius 1 is 0.900 bits per heavy atom. The van der Waals surface area contributed by atoms with Crippen LogP contribution < -0.4 is 0 Å². The molecule has 5 nitrogen and oxygen atoms in total. The first kappa shape index (κ1) is 16.1. The first-order valence-electron chi connectivity index (χ1n) is 4.93. The third-order valence-corrected chi connectivity index (χ3v) is 2.72. The highest BCUT2D eigenvalue weighted by atomic mass is 32.2. The number of carbonyl (C=O) groups excluding carboxylic acids is 2. The van der Waals surface area contributed by atoms with Crippen LogP contribution in [0.4, 0.5) is 13.2 Å². The summed E-state index contributed by atoms with van der Waals surface area (Å²) in [6.07, 6.45) is 2.62. The molecule has 0 fully saturated rings. The monoisotopic (exact) mass is 308 g/mol. The summed E-state index contributed by atoms with van der Waals surface area (Å²) in [5, 5.41) is 0. The van der Waals surface area contributed by atoms with Gasteiger partial charge in [0.25, 0.3) is 0 Å². The Labute approximate surface area is 111 Å². The molecule has 9 heteroatoms. The average Bonchev–Trinajstić information content (AvgIpc) is 2.33. The van der Waals surface area contributed by atoms with Gasteiger partial charge in [0.1, 0.15) is 0 Å². The van der Waals surface area contributed by atoms with E-state index in [-0.39, 0.29) is 11.6 Å². The number of halogens is 3. The van der Waals surface area contributed by atoms with Crippen molar-refractivity contribution in [3.8, 4) is 0 Å². The number of ketones is 2. The molecular formula is C11H7F3O5S. The maximum Gasteiger partial charge on any atom is 0.522 e. The second-order valence-corrected chi connectivity index (χ2v) is 4.94. The first-order chi connectivity index (χ1) is 9.04. The van der Waals surface area contributed by atoms with E-state index < -0.39 is 15.6 Å². The summed E-state index contributed by atoms with van der Waals surface area (Å²) in [6, 6.07) is 6.84. The lowest BCUT2D eigenvalue weighted by Crippen LogP contribution is -2.21.